The molecule has 1 amide bonds. The summed E-state index contributed by atoms with van der Waals surface area (Å²) in [5.74, 6) is 0.189. The van der Waals surface area contributed by atoms with Gasteiger partial charge in [0.1, 0.15) is 5.75 Å². The van der Waals surface area contributed by atoms with Crippen molar-refractivity contribution in [2.75, 3.05) is 19.8 Å². The summed E-state index contributed by atoms with van der Waals surface area (Å²) in [7, 11) is 0. The minimum atomic E-state index is -4.34. The molecule has 0 spiro atoms. The van der Waals surface area contributed by atoms with Crippen molar-refractivity contribution in [1.29, 1.82) is 0 Å². The molecule has 21 heavy (non-hydrogen) atoms. The second kappa shape index (κ2) is 5.22. The van der Waals surface area contributed by atoms with E-state index in [1.165, 1.54) is 6.07 Å². The molecule has 0 aromatic heterocycles. The van der Waals surface area contributed by atoms with Gasteiger partial charge < -0.3 is 14.4 Å². The minimum absolute atomic E-state index is 0.0157. The van der Waals surface area contributed by atoms with E-state index in [2.05, 4.69) is 0 Å². The lowest BCUT2D eigenvalue weighted by Gasteiger charge is -2.28. The van der Waals surface area contributed by atoms with E-state index in [0.717, 1.165) is 11.1 Å². The molecule has 1 saturated heterocycles. The molecule has 7 heteroatoms. The van der Waals surface area contributed by atoms with Crippen LogP contribution in [0.5, 0.6) is 5.75 Å². The van der Waals surface area contributed by atoms with E-state index in [0.29, 0.717) is 26.1 Å². The fraction of sp³-hybridized carbons (Fsp3) is 0.500. The number of amides is 1. The first-order chi connectivity index (χ1) is 9.92. The molecule has 1 atom stereocenters. The number of epoxide rings is 1. The summed E-state index contributed by atoms with van der Waals surface area (Å²) in [6.07, 6.45) is -4.04. The number of nitrogens with zero attached hydrogens (tertiary/aromatic N) is 1. The van der Waals surface area contributed by atoms with Crippen LogP contribution in [0.1, 0.15) is 11.1 Å². The molecule has 1 unspecified atom stereocenters. The van der Waals surface area contributed by atoms with E-state index in [1.54, 1.807) is 17.0 Å². The Morgan fingerprint density at radius 1 is 1.38 bits per heavy atom. The Morgan fingerprint density at radius 2 is 2.14 bits per heavy atom. The fourth-order valence-corrected chi connectivity index (χ4v) is 2.37. The second-order valence-corrected chi connectivity index (χ2v) is 5.17. The van der Waals surface area contributed by atoms with E-state index in [4.69, 9.17) is 9.47 Å². The molecule has 0 aliphatic carbocycles. The van der Waals surface area contributed by atoms with Crippen LogP contribution in [0.15, 0.2) is 18.2 Å². The molecule has 1 aromatic rings. The van der Waals surface area contributed by atoms with Crippen LogP contribution in [0.3, 0.4) is 0 Å². The van der Waals surface area contributed by atoms with Gasteiger partial charge in [-0.2, -0.15) is 13.2 Å². The van der Waals surface area contributed by atoms with Crippen molar-refractivity contribution >= 4 is 5.91 Å². The molecular weight excluding hydrogens is 287 g/mol. The van der Waals surface area contributed by atoms with Crippen LogP contribution in [-0.2, 0) is 22.5 Å². The summed E-state index contributed by atoms with van der Waals surface area (Å²) in [6, 6.07) is 4.84. The first kappa shape index (κ1) is 14.2. The number of hydrogen-bond donors (Lipinski definition) is 0. The third-order valence-corrected chi connectivity index (χ3v) is 3.51. The Kier molecular flexibility index (Phi) is 3.52. The van der Waals surface area contributed by atoms with Gasteiger partial charge >= 0.3 is 6.18 Å². The Labute approximate surface area is 119 Å². The third kappa shape index (κ3) is 3.47. The maximum Gasteiger partial charge on any atom is 0.422 e. The number of carbonyl (C=O) groups excluding carboxylic acids is 1. The lowest BCUT2D eigenvalue weighted by molar-refractivity contribution is -0.153. The molecule has 2 heterocycles. The van der Waals surface area contributed by atoms with E-state index in [9.17, 15) is 18.0 Å². The zero-order valence-electron chi connectivity index (χ0n) is 11.2. The van der Waals surface area contributed by atoms with Gasteiger partial charge in [-0.15, -0.1) is 0 Å². The first-order valence-corrected chi connectivity index (χ1v) is 6.64. The lowest BCUT2D eigenvalue weighted by Crippen LogP contribution is -2.38. The van der Waals surface area contributed by atoms with Gasteiger partial charge in [0.15, 0.2) is 12.7 Å². The number of rotatable bonds is 3. The van der Waals surface area contributed by atoms with E-state index in [1.807, 2.05) is 0 Å². The number of benzene rings is 1. The average Bonchev–Trinajstić information content (AvgIpc) is 3.27. The van der Waals surface area contributed by atoms with Crippen LogP contribution in [0.2, 0.25) is 0 Å². The van der Waals surface area contributed by atoms with Crippen LogP contribution >= 0.6 is 0 Å². The molecule has 1 aromatic carbocycles. The molecular formula is C14H14F3NO3. The fourth-order valence-electron chi connectivity index (χ4n) is 2.37. The summed E-state index contributed by atoms with van der Waals surface area (Å²) in [6.45, 7) is 0.198. The van der Waals surface area contributed by atoms with Gasteiger partial charge in [0, 0.05) is 13.1 Å². The molecule has 2 aliphatic rings. The average molecular weight is 301 g/mol. The Hall–Kier alpha value is -1.76. The number of alkyl halides is 3. The highest BCUT2D eigenvalue weighted by Crippen LogP contribution is 2.26. The van der Waals surface area contributed by atoms with Crippen molar-refractivity contribution in [3.63, 3.8) is 0 Å². The maximum atomic E-state index is 12.1. The summed E-state index contributed by atoms with van der Waals surface area (Å²) >= 11 is 0. The number of hydrogen-bond acceptors (Lipinski definition) is 3. The third-order valence-electron chi connectivity index (χ3n) is 3.51. The summed E-state index contributed by atoms with van der Waals surface area (Å²) in [5.41, 5.74) is 1.87. The number of ether oxygens (including phenoxy) is 2. The normalized spacial score (nSPS) is 20.9. The molecule has 0 radical (unpaired) electrons. The highest BCUT2D eigenvalue weighted by molar-refractivity contribution is 5.83. The summed E-state index contributed by atoms with van der Waals surface area (Å²) in [4.78, 5) is 13.6. The molecule has 0 bridgehead atoms. The van der Waals surface area contributed by atoms with Crippen LogP contribution < -0.4 is 4.74 Å². The molecule has 0 N–H and O–H groups in total. The molecule has 4 nitrogen and oxygen atoms in total. The smallest absolute Gasteiger partial charge is 0.422 e. The van der Waals surface area contributed by atoms with Gasteiger partial charge in [-0.1, -0.05) is 6.07 Å². The quantitative estimate of drug-likeness (QED) is 0.801. The van der Waals surface area contributed by atoms with Crippen LogP contribution in [0.25, 0.3) is 0 Å². The van der Waals surface area contributed by atoms with Crippen molar-refractivity contribution in [3.8, 4) is 5.75 Å². The standard InChI is InChI=1S/C14H14F3NO3/c15-14(16,17)8-21-11-2-1-10-6-18(4-3-9(10)5-11)13(19)12-7-20-12/h1-2,5,12H,3-4,6-8H2. The molecule has 1 fully saturated rings. The zero-order chi connectivity index (χ0) is 15.0. The van der Waals surface area contributed by atoms with Crippen LogP contribution in [0, 0.1) is 0 Å². The van der Waals surface area contributed by atoms with Crippen LogP contribution in [-0.4, -0.2) is 42.8 Å². The van der Waals surface area contributed by atoms with E-state index < -0.39 is 12.8 Å². The maximum absolute atomic E-state index is 12.1. The zero-order valence-corrected chi connectivity index (χ0v) is 11.2. The van der Waals surface area contributed by atoms with Crippen LogP contribution in [0.4, 0.5) is 13.2 Å². The van der Waals surface area contributed by atoms with E-state index in [-0.39, 0.29) is 17.8 Å². The Balaban J connectivity index is 1.66. The van der Waals surface area contributed by atoms with Gasteiger partial charge in [-0.05, 0) is 29.7 Å². The monoisotopic (exact) mass is 301 g/mol. The minimum Gasteiger partial charge on any atom is -0.484 e. The van der Waals surface area contributed by atoms with Crippen molar-refractivity contribution < 1.29 is 27.4 Å². The topological polar surface area (TPSA) is 42.1 Å². The largest absolute Gasteiger partial charge is 0.484 e. The van der Waals surface area contributed by atoms with Gasteiger partial charge in [0.25, 0.3) is 5.91 Å². The van der Waals surface area contributed by atoms with Crippen molar-refractivity contribution in [2.45, 2.75) is 25.2 Å². The highest BCUT2D eigenvalue weighted by atomic mass is 19.4. The SMILES string of the molecule is O=C(C1CO1)N1CCc2cc(OCC(F)(F)F)ccc2C1. The predicted molar refractivity (Wildman–Crippen MR) is 66.9 cm³/mol. The molecule has 0 saturated carbocycles. The first-order valence-electron chi connectivity index (χ1n) is 6.64. The predicted octanol–water partition coefficient (Wildman–Crippen LogP) is 1.91. The Morgan fingerprint density at radius 3 is 2.81 bits per heavy atom. The molecule has 3 rings (SSSR count). The highest BCUT2D eigenvalue weighted by Gasteiger charge is 2.36. The summed E-state index contributed by atoms with van der Waals surface area (Å²) in [5, 5.41) is 0. The van der Waals surface area contributed by atoms with Crippen molar-refractivity contribution in [1.82, 2.24) is 4.90 Å². The number of fused-ring (bicyclic) bond motifs is 1. The number of carbonyl (C=O) groups is 1. The van der Waals surface area contributed by atoms with Crippen molar-refractivity contribution in [3.05, 3.63) is 29.3 Å². The van der Waals surface area contributed by atoms with Gasteiger partial charge in [-0.3, -0.25) is 4.79 Å². The molecule has 2 aliphatic heterocycles. The van der Waals surface area contributed by atoms with Gasteiger partial charge in [-0.25, -0.2) is 0 Å². The Bertz CT molecular complexity index is 555. The summed E-state index contributed by atoms with van der Waals surface area (Å²) < 4.78 is 46.1. The van der Waals surface area contributed by atoms with Gasteiger partial charge in [0.05, 0.1) is 6.61 Å². The van der Waals surface area contributed by atoms with Gasteiger partial charge in [0.2, 0.25) is 0 Å². The van der Waals surface area contributed by atoms with Crippen molar-refractivity contribution in [2.24, 2.45) is 0 Å². The lowest BCUT2D eigenvalue weighted by atomic mass is 9.99. The van der Waals surface area contributed by atoms with E-state index >= 15 is 0 Å². The number of halogens is 3. The second-order valence-electron chi connectivity index (χ2n) is 5.17. The molecule has 114 valence electrons.